The van der Waals surface area contributed by atoms with E-state index in [2.05, 4.69) is 21.3 Å². The van der Waals surface area contributed by atoms with Gasteiger partial charge in [-0.15, -0.1) is 0 Å². The van der Waals surface area contributed by atoms with Crippen LogP contribution in [0.5, 0.6) is 0 Å². The average molecular weight is 425 g/mol. The minimum absolute atomic E-state index is 0.0552. The SMILES string of the molecule is Cc1cnc(N2CCN(C(=O)c3ccc(N4C(=O)NC(=O)C4C)cc3F)CC2)c(C)c1. The van der Waals surface area contributed by atoms with Gasteiger partial charge in [0.05, 0.1) is 5.56 Å². The van der Waals surface area contributed by atoms with Crippen molar-refractivity contribution in [1.82, 2.24) is 15.2 Å². The molecule has 2 aliphatic heterocycles. The lowest BCUT2D eigenvalue weighted by Crippen LogP contribution is -2.49. The van der Waals surface area contributed by atoms with E-state index in [-0.39, 0.29) is 11.3 Å². The number of urea groups is 1. The number of benzene rings is 1. The van der Waals surface area contributed by atoms with Crippen molar-refractivity contribution < 1.29 is 18.8 Å². The maximum atomic E-state index is 14.8. The summed E-state index contributed by atoms with van der Waals surface area (Å²) in [4.78, 5) is 45.9. The Balaban J connectivity index is 1.45. The highest BCUT2D eigenvalue weighted by molar-refractivity contribution is 6.14. The van der Waals surface area contributed by atoms with E-state index in [1.165, 1.54) is 17.0 Å². The predicted molar refractivity (Wildman–Crippen MR) is 114 cm³/mol. The van der Waals surface area contributed by atoms with Crippen LogP contribution in [0.3, 0.4) is 0 Å². The van der Waals surface area contributed by atoms with E-state index in [0.717, 1.165) is 23.0 Å². The second-order valence-electron chi connectivity index (χ2n) is 7.94. The number of aryl methyl sites for hydroxylation is 2. The maximum Gasteiger partial charge on any atom is 0.329 e. The topological polar surface area (TPSA) is 85.8 Å². The first kappa shape index (κ1) is 20.8. The lowest BCUT2D eigenvalue weighted by Gasteiger charge is -2.36. The van der Waals surface area contributed by atoms with Gasteiger partial charge in [-0.1, -0.05) is 6.07 Å². The molecule has 2 aliphatic rings. The standard InChI is InChI=1S/C22H24FN5O3/c1-13-10-14(2)19(24-12-13)26-6-8-27(9-7-26)21(30)17-5-4-16(11-18(17)23)28-15(3)20(29)25-22(28)31/h4-5,10-12,15H,6-9H2,1-3H3,(H,25,29,31). The molecule has 1 unspecified atom stereocenters. The molecule has 0 bridgehead atoms. The molecule has 1 N–H and O–H groups in total. The summed E-state index contributed by atoms with van der Waals surface area (Å²) in [5.41, 5.74) is 2.36. The van der Waals surface area contributed by atoms with Crippen molar-refractivity contribution in [2.75, 3.05) is 36.0 Å². The fourth-order valence-corrected chi connectivity index (χ4v) is 4.06. The Morgan fingerprint density at radius 3 is 2.42 bits per heavy atom. The van der Waals surface area contributed by atoms with E-state index in [0.29, 0.717) is 26.2 Å². The van der Waals surface area contributed by atoms with Crippen molar-refractivity contribution in [2.24, 2.45) is 0 Å². The number of anilines is 2. The summed E-state index contributed by atoms with van der Waals surface area (Å²) in [5, 5.41) is 2.19. The van der Waals surface area contributed by atoms with E-state index in [4.69, 9.17) is 0 Å². The third-order valence-electron chi connectivity index (χ3n) is 5.73. The molecule has 3 heterocycles. The van der Waals surface area contributed by atoms with Crippen LogP contribution < -0.4 is 15.1 Å². The van der Waals surface area contributed by atoms with Gasteiger partial charge in [0.1, 0.15) is 17.7 Å². The van der Waals surface area contributed by atoms with Crippen LogP contribution >= 0.6 is 0 Å². The number of halogens is 1. The number of nitrogens with zero attached hydrogens (tertiary/aromatic N) is 4. The lowest BCUT2D eigenvalue weighted by molar-refractivity contribution is -0.119. The Morgan fingerprint density at radius 2 is 1.84 bits per heavy atom. The summed E-state index contributed by atoms with van der Waals surface area (Å²) in [6.07, 6.45) is 1.83. The van der Waals surface area contributed by atoms with Gasteiger partial charge in [0, 0.05) is 38.1 Å². The van der Waals surface area contributed by atoms with Crippen molar-refractivity contribution in [3.8, 4) is 0 Å². The molecule has 0 saturated carbocycles. The minimum atomic E-state index is -0.736. The Hall–Kier alpha value is -3.49. The molecule has 0 radical (unpaired) electrons. The molecule has 4 amide bonds. The number of piperazine rings is 1. The molecule has 1 aromatic heterocycles. The highest BCUT2D eigenvalue weighted by Gasteiger charge is 2.36. The number of aromatic nitrogens is 1. The fraction of sp³-hybridized carbons (Fsp3) is 0.364. The number of nitrogens with one attached hydrogen (secondary N) is 1. The zero-order valence-corrected chi connectivity index (χ0v) is 17.7. The number of imide groups is 1. The van der Waals surface area contributed by atoms with Crippen molar-refractivity contribution in [3.05, 3.63) is 53.0 Å². The molecule has 1 aromatic carbocycles. The molecular formula is C22H24FN5O3. The summed E-state index contributed by atoms with van der Waals surface area (Å²) >= 11 is 0. The normalized spacial score (nSPS) is 19.1. The molecule has 0 aliphatic carbocycles. The molecule has 1 atom stereocenters. The molecule has 31 heavy (non-hydrogen) atoms. The molecule has 0 spiro atoms. The third-order valence-corrected chi connectivity index (χ3v) is 5.73. The zero-order valence-electron chi connectivity index (χ0n) is 17.7. The summed E-state index contributed by atoms with van der Waals surface area (Å²) in [5.74, 6) is -0.657. The third kappa shape index (κ3) is 3.83. The first-order valence-corrected chi connectivity index (χ1v) is 10.2. The first-order chi connectivity index (χ1) is 14.8. The minimum Gasteiger partial charge on any atom is -0.353 e. The second-order valence-corrected chi connectivity index (χ2v) is 7.94. The lowest BCUT2D eigenvalue weighted by atomic mass is 10.1. The van der Waals surface area contributed by atoms with Crippen LogP contribution in [0.15, 0.2) is 30.5 Å². The zero-order chi connectivity index (χ0) is 22.3. The fourth-order valence-electron chi connectivity index (χ4n) is 4.06. The number of carbonyl (C=O) groups excluding carboxylic acids is 3. The van der Waals surface area contributed by atoms with Crippen LogP contribution in [0.1, 0.15) is 28.4 Å². The van der Waals surface area contributed by atoms with Crippen LogP contribution in [0, 0.1) is 19.7 Å². The van der Waals surface area contributed by atoms with Crippen LogP contribution in [0.25, 0.3) is 0 Å². The van der Waals surface area contributed by atoms with Gasteiger partial charge in [-0.2, -0.15) is 0 Å². The van der Waals surface area contributed by atoms with E-state index in [9.17, 15) is 18.8 Å². The molecule has 9 heteroatoms. The molecule has 2 aromatic rings. The molecule has 8 nitrogen and oxygen atoms in total. The molecule has 162 valence electrons. The quantitative estimate of drug-likeness (QED) is 0.763. The maximum absolute atomic E-state index is 14.8. The van der Waals surface area contributed by atoms with Crippen LogP contribution in [0.2, 0.25) is 0 Å². The smallest absolute Gasteiger partial charge is 0.329 e. The van der Waals surface area contributed by atoms with E-state index in [1.807, 2.05) is 20.0 Å². The Labute approximate surface area is 179 Å². The van der Waals surface area contributed by atoms with Crippen molar-refractivity contribution in [1.29, 1.82) is 0 Å². The van der Waals surface area contributed by atoms with Crippen molar-refractivity contribution in [3.63, 3.8) is 0 Å². The van der Waals surface area contributed by atoms with Gasteiger partial charge in [-0.25, -0.2) is 14.2 Å². The number of pyridine rings is 1. The van der Waals surface area contributed by atoms with E-state index in [1.54, 1.807) is 11.8 Å². The number of amides is 4. The van der Waals surface area contributed by atoms with Crippen LogP contribution in [-0.2, 0) is 4.79 Å². The van der Waals surface area contributed by atoms with E-state index < -0.39 is 29.7 Å². The molecule has 2 saturated heterocycles. The van der Waals surface area contributed by atoms with Crippen molar-refractivity contribution in [2.45, 2.75) is 26.8 Å². The van der Waals surface area contributed by atoms with Crippen LogP contribution in [-0.4, -0.2) is 60.0 Å². The van der Waals surface area contributed by atoms with Gasteiger partial charge in [-0.05, 0) is 50.1 Å². The van der Waals surface area contributed by atoms with Gasteiger partial charge >= 0.3 is 6.03 Å². The van der Waals surface area contributed by atoms with Gasteiger partial charge in [0.2, 0.25) is 0 Å². The monoisotopic (exact) mass is 425 g/mol. The number of hydrogen-bond donors (Lipinski definition) is 1. The van der Waals surface area contributed by atoms with E-state index >= 15 is 0 Å². The number of hydrogen-bond acceptors (Lipinski definition) is 5. The highest BCUT2D eigenvalue weighted by Crippen LogP contribution is 2.25. The highest BCUT2D eigenvalue weighted by atomic mass is 19.1. The summed E-state index contributed by atoms with van der Waals surface area (Å²) in [7, 11) is 0. The Kier molecular flexibility index (Phi) is 5.34. The Bertz CT molecular complexity index is 1070. The van der Waals surface area contributed by atoms with Crippen molar-refractivity contribution >= 4 is 29.4 Å². The van der Waals surface area contributed by atoms with Gasteiger partial charge in [0.15, 0.2) is 0 Å². The second kappa shape index (κ2) is 7.98. The van der Waals surface area contributed by atoms with Gasteiger partial charge in [-0.3, -0.25) is 19.8 Å². The average Bonchev–Trinajstić information content (AvgIpc) is 2.99. The van der Waals surface area contributed by atoms with Gasteiger partial charge in [0.25, 0.3) is 11.8 Å². The van der Waals surface area contributed by atoms with Crippen LogP contribution in [0.4, 0.5) is 20.7 Å². The molecule has 4 rings (SSSR count). The molecule has 2 fully saturated rings. The summed E-state index contributed by atoms with van der Waals surface area (Å²) < 4.78 is 14.8. The number of rotatable bonds is 3. The molecular weight excluding hydrogens is 401 g/mol. The first-order valence-electron chi connectivity index (χ1n) is 10.2. The largest absolute Gasteiger partial charge is 0.353 e. The predicted octanol–water partition coefficient (Wildman–Crippen LogP) is 2.24. The summed E-state index contributed by atoms with van der Waals surface area (Å²) in [6, 6.07) is 4.71. The summed E-state index contributed by atoms with van der Waals surface area (Å²) in [6.45, 7) is 7.69. The Morgan fingerprint density at radius 1 is 1.13 bits per heavy atom. The number of carbonyl (C=O) groups is 3. The van der Waals surface area contributed by atoms with Gasteiger partial charge < -0.3 is 9.80 Å².